The van der Waals surface area contributed by atoms with Crippen molar-refractivity contribution >= 4 is 0 Å². The average molecular weight is 273 g/mol. The fraction of sp³-hybridized carbons (Fsp3) is 0.571. The van der Waals surface area contributed by atoms with Crippen molar-refractivity contribution in [1.82, 2.24) is 5.32 Å². The minimum Gasteiger partial charge on any atom is -0.406 e. The van der Waals surface area contributed by atoms with Crippen LogP contribution in [0.1, 0.15) is 25.3 Å². The topological polar surface area (TPSA) is 21.3 Å². The molecule has 1 unspecified atom stereocenters. The number of halogens is 3. The van der Waals surface area contributed by atoms with Crippen LogP contribution in [0.3, 0.4) is 0 Å². The minimum absolute atomic E-state index is 0.167. The largest absolute Gasteiger partial charge is 0.573 e. The second-order valence-corrected chi connectivity index (χ2v) is 5.18. The summed E-state index contributed by atoms with van der Waals surface area (Å²) in [5.74, 6) is 0.301. The number of rotatable bonds is 6. The van der Waals surface area contributed by atoms with Gasteiger partial charge in [0.25, 0.3) is 0 Å². The number of hydrogen-bond acceptors (Lipinski definition) is 2. The molecule has 0 bridgehead atoms. The van der Waals surface area contributed by atoms with Crippen LogP contribution in [0.2, 0.25) is 0 Å². The van der Waals surface area contributed by atoms with E-state index in [1.807, 2.05) is 0 Å². The van der Waals surface area contributed by atoms with Gasteiger partial charge in [0.2, 0.25) is 0 Å². The highest BCUT2D eigenvalue weighted by Crippen LogP contribution is 2.23. The fourth-order valence-corrected chi connectivity index (χ4v) is 1.96. The Balaban J connectivity index is 1.80. The van der Waals surface area contributed by atoms with Crippen LogP contribution >= 0.6 is 0 Å². The molecule has 1 N–H and O–H groups in total. The van der Waals surface area contributed by atoms with E-state index in [4.69, 9.17) is 0 Å². The van der Waals surface area contributed by atoms with Gasteiger partial charge >= 0.3 is 6.36 Å². The lowest BCUT2D eigenvalue weighted by Crippen LogP contribution is -2.24. The molecule has 2 rings (SSSR count). The van der Waals surface area contributed by atoms with E-state index < -0.39 is 6.36 Å². The van der Waals surface area contributed by atoms with Crippen LogP contribution in [0.15, 0.2) is 24.3 Å². The van der Waals surface area contributed by atoms with Crippen LogP contribution in [0.25, 0.3) is 0 Å². The van der Waals surface area contributed by atoms with Gasteiger partial charge in [0.05, 0.1) is 0 Å². The van der Waals surface area contributed by atoms with E-state index in [1.165, 1.54) is 25.0 Å². The van der Waals surface area contributed by atoms with Crippen LogP contribution in [0.5, 0.6) is 5.75 Å². The molecule has 0 radical (unpaired) electrons. The summed E-state index contributed by atoms with van der Waals surface area (Å²) in [6.45, 7) is 3.08. The van der Waals surface area contributed by atoms with E-state index in [9.17, 15) is 13.2 Å². The summed E-state index contributed by atoms with van der Waals surface area (Å²) in [7, 11) is 0. The van der Waals surface area contributed by atoms with Gasteiger partial charge in [0.1, 0.15) is 5.75 Å². The molecule has 1 aliphatic carbocycles. The summed E-state index contributed by atoms with van der Waals surface area (Å²) < 4.78 is 39.8. The normalized spacial score (nSPS) is 17.3. The van der Waals surface area contributed by atoms with Crippen molar-refractivity contribution in [3.05, 3.63) is 29.8 Å². The molecular formula is C14H18F3NO. The third-order valence-corrected chi connectivity index (χ3v) is 3.07. The molecule has 19 heavy (non-hydrogen) atoms. The van der Waals surface area contributed by atoms with Crippen molar-refractivity contribution in [2.24, 2.45) is 5.92 Å². The Labute approximate surface area is 111 Å². The zero-order valence-corrected chi connectivity index (χ0v) is 10.8. The fourth-order valence-electron chi connectivity index (χ4n) is 1.96. The highest BCUT2D eigenvalue weighted by Gasteiger charge is 2.30. The smallest absolute Gasteiger partial charge is 0.406 e. The number of alkyl halides is 3. The van der Waals surface area contributed by atoms with Gasteiger partial charge < -0.3 is 10.1 Å². The zero-order chi connectivity index (χ0) is 13.9. The summed E-state index contributed by atoms with van der Waals surface area (Å²) in [6.07, 6.45) is -1.25. The van der Waals surface area contributed by atoms with E-state index in [1.54, 1.807) is 12.1 Å². The first kappa shape index (κ1) is 14.2. The maximum Gasteiger partial charge on any atom is 0.573 e. The van der Waals surface area contributed by atoms with Crippen molar-refractivity contribution in [3.8, 4) is 5.75 Å². The summed E-state index contributed by atoms with van der Waals surface area (Å²) >= 11 is 0. The van der Waals surface area contributed by atoms with E-state index in [2.05, 4.69) is 17.0 Å². The Bertz CT molecular complexity index is 398. The first-order valence-corrected chi connectivity index (χ1v) is 6.50. The third-order valence-electron chi connectivity index (χ3n) is 3.07. The molecular weight excluding hydrogens is 255 g/mol. The molecule has 0 aromatic heterocycles. The van der Waals surface area contributed by atoms with Gasteiger partial charge in [-0.05, 0) is 49.4 Å². The third kappa shape index (κ3) is 5.51. The van der Waals surface area contributed by atoms with Gasteiger partial charge in [-0.1, -0.05) is 19.1 Å². The summed E-state index contributed by atoms with van der Waals surface area (Å²) in [4.78, 5) is 0. The molecule has 0 saturated heterocycles. The highest BCUT2D eigenvalue weighted by atomic mass is 19.4. The molecule has 0 amide bonds. The molecule has 106 valence electrons. The van der Waals surface area contributed by atoms with Crippen molar-refractivity contribution in [3.63, 3.8) is 0 Å². The molecule has 1 saturated carbocycles. The van der Waals surface area contributed by atoms with E-state index in [0.717, 1.165) is 18.5 Å². The molecule has 1 atom stereocenters. The van der Waals surface area contributed by atoms with Gasteiger partial charge in [0.15, 0.2) is 0 Å². The van der Waals surface area contributed by atoms with Gasteiger partial charge in [-0.3, -0.25) is 0 Å². The first-order valence-electron chi connectivity index (χ1n) is 6.50. The van der Waals surface area contributed by atoms with Crippen LogP contribution in [-0.2, 0) is 6.42 Å². The van der Waals surface area contributed by atoms with Crippen LogP contribution in [-0.4, -0.2) is 18.9 Å². The summed E-state index contributed by atoms with van der Waals surface area (Å²) in [5.41, 5.74) is 1.03. The Kier molecular flexibility index (Phi) is 4.34. The SMILES string of the molecule is CC(CNC1CC1)Cc1ccc(OC(F)(F)F)cc1. The molecule has 0 aliphatic heterocycles. The van der Waals surface area contributed by atoms with Crippen molar-refractivity contribution in [2.45, 2.75) is 38.6 Å². The van der Waals surface area contributed by atoms with Crippen molar-refractivity contribution in [2.75, 3.05) is 6.54 Å². The molecule has 0 spiro atoms. The zero-order valence-electron chi connectivity index (χ0n) is 10.8. The van der Waals surface area contributed by atoms with E-state index >= 15 is 0 Å². The molecule has 5 heteroatoms. The first-order chi connectivity index (χ1) is 8.92. The predicted octanol–water partition coefficient (Wildman–Crippen LogP) is 3.52. The number of benzene rings is 1. The van der Waals surface area contributed by atoms with Crippen LogP contribution in [0, 0.1) is 5.92 Å². The Morgan fingerprint density at radius 3 is 2.42 bits per heavy atom. The monoisotopic (exact) mass is 273 g/mol. The van der Waals surface area contributed by atoms with Crippen LogP contribution in [0.4, 0.5) is 13.2 Å². The second kappa shape index (κ2) is 5.82. The number of nitrogens with one attached hydrogen (secondary N) is 1. The van der Waals surface area contributed by atoms with Gasteiger partial charge in [-0.25, -0.2) is 0 Å². The Hall–Kier alpha value is -1.23. The molecule has 1 aromatic carbocycles. The van der Waals surface area contributed by atoms with E-state index in [0.29, 0.717) is 12.0 Å². The minimum atomic E-state index is -4.62. The maximum atomic E-state index is 12.0. The number of hydrogen-bond donors (Lipinski definition) is 1. The van der Waals surface area contributed by atoms with Gasteiger partial charge in [0, 0.05) is 6.04 Å². The van der Waals surface area contributed by atoms with Crippen LogP contribution < -0.4 is 10.1 Å². The molecule has 0 heterocycles. The van der Waals surface area contributed by atoms with E-state index in [-0.39, 0.29) is 5.75 Å². The standard InChI is InChI=1S/C14H18F3NO/c1-10(9-18-12-4-5-12)8-11-2-6-13(7-3-11)19-14(15,16)17/h2-3,6-7,10,12,18H,4-5,8-9H2,1H3. The number of ether oxygens (including phenoxy) is 1. The van der Waals surface area contributed by atoms with Crippen molar-refractivity contribution < 1.29 is 17.9 Å². The van der Waals surface area contributed by atoms with Crippen molar-refractivity contribution in [1.29, 1.82) is 0 Å². The molecule has 1 aromatic rings. The lowest BCUT2D eigenvalue weighted by Gasteiger charge is -2.13. The lowest BCUT2D eigenvalue weighted by molar-refractivity contribution is -0.274. The molecule has 1 fully saturated rings. The molecule has 1 aliphatic rings. The lowest BCUT2D eigenvalue weighted by atomic mass is 10.0. The van der Waals surface area contributed by atoms with Gasteiger partial charge in [-0.2, -0.15) is 0 Å². The average Bonchev–Trinajstić information content (AvgIpc) is 3.11. The van der Waals surface area contributed by atoms with Gasteiger partial charge in [-0.15, -0.1) is 13.2 Å². The maximum absolute atomic E-state index is 12.0. The summed E-state index contributed by atoms with van der Waals surface area (Å²) in [5, 5.41) is 3.45. The Morgan fingerprint density at radius 2 is 1.89 bits per heavy atom. The Morgan fingerprint density at radius 1 is 1.26 bits per heavy atom. The molecule has 2 nitrogen and oxygen atoms in total. The quantitative estimate of drug-likeness (QED) is 0.856. The predicted molar refractivity (Wildman–Crippen MR) is 67.0 cm³/mol. The summed E-state index contributed by atoms with van der Waals surface area (Å²) in [6, 6.07) is 6.79. The second-order valence-electron chi connectivity index (χ2n) is 5.18. The highest BCUT2D eigenvalue weighted by molar-refractivity contribution is 5.27.